The predicted molar refractivity (Wildman–Crippen MR) is 77.0 cm³/mol. The molecule has 0 bridgehead atoms. The number of alkyl halides is 3. The van der Waals surface area contributed by atoms with E-state index < -0.39 is 6.61 Å². The van der Waals surface area contributed by atoms with E-state index >= 15 is 0 Å². The minimum Gasteiger partial charge on any atom is -0.435 e. The zero-order chi connectivity index (χ0) is 15.2. The molecule has 1 N–H and O–H groups in total. The van der Waals surface area contributed by atoms with Crippen molar-refractivity contribution < 1.29 is 18.3 Å². The highest BCUT2D eigenvalue weighted by atomic mass is 35.5. The van der Waals surface area contributed by atoms with Crippen molar-refractivity contribution in [3.63, 3.8) is 0 Å². The third kappa shape index (κ3) is 4.43. The van der Waals surface area contributed by atoms with E-state index in [1.165, 1.54) is 18.2 Å². The molecule has 2 rings (SSSR count). The van der Waals surface area contributed by atoms with Gasteiger partial charge in [0.05, 0.1) is 0 Å². The number of hydrogen-bond donors (Lipinski definition) is 1. The lowest BCUT2D eigenvalue weighted by molar-refractivity contribution is -0.0497. The Bertz CT molecular complexity index is 617. The van der Waals surface area contributed by atoms with Crippen LogP contribution in [0.4, 0.5) is 14.5 Å². The Morgan fingerprint density at radius 1 is 1.19 bits per heavy atom. The molecule has 0 saturated heterocycles. The van der Waals surface area contributed by atoms with Crippen LogP contribution in [-0.2, 0) is 5.88 Å². The van der Waals surface area contributed by atoms with Crippen molar-refractivity contribution in [1.29, 1.82) is 0 Å². The van der Waals surface area contributed by atoms with Crippen molar-refractivity contribution >= 4 is 23.2 Å². The molecule has 2 aromatic rings. The molecule has 2 aromatic carbocycles. The van der Waals surface area contributed by atoms with Crippen LogP contribution >= 0.6 is 11.6 Å². The molecular weight excluding hydrogens is 300 g/mol. The summed E-state index contributed by atoms with van der Waals surface area (Å²) >= 11 is 5.67. The first-order valence-electron chi connectivity index (χ1n) is 6.09. The topological polar surface area (TPSA) is 38.3 Å². The Morgan fingerprint density at radius 3 is 2.52 bits per heavy atom. The molecule has 0 spiro atoms. The molecule has 0 aliphatic heterocycles. The van der Waals surface area contributed by atoms with Crippen molar-refractivity contribution in [3.8, 4) is 5.75 Å². The number of benzene rings is 2. The lowest BCUT2D eigenvalue weighted by atomic mass is 10.1. The van der Waals surface area contributed by atoms with Crippen molar-refractivity contribution in [2.75, 3.05) is 5.32 Å². The highest BCUT2D eigenvalue weighted by Crippen LogP contribution is 2.20. The highest BCUT2D eigenvalue weighted by Gasteiger charge is 2.08. The zero-order valence-corrected chi connectivity index (χ0v) is 11.6. The van der Waals surface area contributed by atoms with Crippen LogP contribution in [0.3, 0.4) is 0 Å². The second-order valence-electron chi connectivity index (χ2n) is 4.19. The lowest BCUT2D eigenvalue weighted by Gasteiger charge is -2.08. The van der Waals surface area contributed by atoms with Crippen LogP contribution in [0, 0.1) is 0 Å². The summed E-state index contributed by atoms with van der Waals surface area (Å²) in [6.07, 6.45) is 0. The van der Waals surface area contributed by atoms with Gasteiger partial charge in [-0.3, -0.25) is 4.79 Å². The Kier molecular flexibility index (Phi) is 5.11. The van der Waals surface area contributed by atoms with Gasteiger partial charge in [0.25, 0.3) is 5.91 Å². The largest absolute Gasteiger partial charge is 0.435 e. The van der Waals surface area contributed by atoms with Gasteiger partial charge in [-0.1, -0.05) is 18.2 Å². The average molecular weight is 312 g/mol. The number of rotatable bonds is 5. The zero-order valence-electron chi connectivity index (χ0n) is 10.9. The second kappa shape index (κ2) is 7.04. The summed E-state index contributed by atoms with van der Waals surface area (Å²) in [5.41, 5.74) is 1.73. The lowest BCUT2D eigenvalue weighted by Crippen LogP contribution is -2.12. The molecule has 110 valence electrons. The Morgan fingerprint density at radius 2 is 1.90 bits per heavy atom. The fraction of sp³-hybridized carbons (Fsp3) is 0.133. The molecule has 0 atom stereocenters. The van der Waals surface area contributed by atoms with Gasteiger partial charge in [-0.2, -0.15) is 8.78 Å². The van der Waals surface area contributed by atoms with Crippen LogP contribution in [0.5, 0.6) is 5.75 Å². The third-order valence-corrected chi connectivity index (χ3v) is 3.00. The van der Waals surface area contributed by atoms with E-state index in [2.05, 4.69) is 10.1 Å². The first kappa shape index (κ1) is 15.3. The van der Waals surface area contributed by atoms with Gasteiger partial charge in [0.15, 0.2) is 0 Å². The minimum atomic E-state index is -2.90. The van der Waals surface area contributed by atoms with E-state index in [9.17, 15) is 13.6 Å². The minimum absolute atomic E-state index is 0.0136. The molecule has 6 heteroatoms. The molecular formula is C15H12ClF2NO2. The summed E-state index contributed by atoms with van der Waals surface area (Å²) in [6, 6.07) is 12.6. The average Bonchev–Trinajstić information content (AvgIpc) is 2.47. The Labute approximate surface area is 125 Å². The molecule has 21 heavy (non-hydrogen) atoms. The van der Waals surface area contributed by atoms with Crippen LogP contribution < -0.4 is 10.1 Å². The van der Waals surface area contributed by atoms with E-state index in [-0.39, 0.29) is 11.7 Å². The molecule has 0 aromatic heterocycles. The van der Waals surface area contributed by atoms with E-state index in [0.717, 1.165) is 5.56 Å². The van der Waals surface area contributed by atoms with Gasteiger partial charge >= 0.3 is 6.61 Å². The SMILES string of the molecule is O=C(Nc1cccc(OC(F)F)c1)c1ccc(CCl)cc1. The number of anilines is 1. The smallest absolute Gasteiger partial charge is 0.387 e. The van der Waals surface area contributed by atoms with Gasteiger partial charge in [0, 0.05) is 23.2 Å². The van der Waals surface area contributed by atoms with Gasteiger partial charge in [0.1, 0.15) is 5.75 Å². The fourth-order valence-electron chi connectivity index (χ4n) is 1.70. The first-order chi connectivity index (χ1) is 10.1. The van der Waals surface area contributed by atoms with Crippen LogP contribution in [-0.4, -0.2) is 12.5 Å². The van der Waals surface area contributed by atoms with Crippen molar-refractivity contribution in [1.82, 2.24) is 0 Å². The van der Waals surface area contributed by atoms with Crippen molar-refractivity contribution in [2.24, 2.45) is 0 Å². The van der Waals surface area contributed by atoms with Crippen molar-refractivity contribution in [2.45, 2.75) is 12.5 Å². The quantitative estimate of drug-likeness (QED) is 0.837. The molecule has 1 amide bonds. The first-order valence-corrected chi connectivity index (χ1v) is 6.63. The number of amides is 1. The molecule has 0 unspecified atom stereocenters. The van der Waals surface area contributed by atoms with Gasteiger partial charge < -0.3 is 10.1 Å². The number of ether oxygens (including phenoxy) is 1. The van der Waals surface area contributed by atoms with Crippen LogP contribution in [0.25, 0.3) is 0 Å². The number of carbonyl (C=O) groups excluding carboxylic acids is 1. The van der Waals surface area contributed by atoms with Crippen molar-refractivity contribution in [3.05, 3.63) is 59.7 Å². The summed E-state index contributed by atoms with van der Waals surface area (Å²) in [5.74, 6) is 0.0140. The molecule has 0 heterocycles. The maximum absolute atomic E-state index is 12.1. The maximum atomic E-state index is 12.1. The summed E-state index contributed by atoms with van der Waals surface area (Å²) in [7, 11) is 0. The number of carbonyl (C=O) groups is 1. The van der Waals surface area contributed by atoms with Gasteiger partial charge in [-0.15, -0.1) is 11.6 Å². The highest BCUT2D eigenvalue weighted by molar-refractivity contribution is 6.17. The maximum Gasteiger partial charge on any atom is 0.387 e. The summed E-state index contributed by atoms with van der Waals surface area (Å²) < 4.78 is 28.5. The number of halogens is 3. The Hall–Kier alpha value is -2.14. The standard InChI is InChI=1S/C15H12ClF2NO2/c16-9-10-4-6-11(7-5-10)14(20)19-12-2-1-3-13(8-12)21-15(17)18/h1-8,15H,9H2,(H,19,20). The molecule has 0 saturated carbocycles. The van der Waals surface area contributed by atoms with E-state index in [0.29, 0.717) is 17.1 Å². The molecule has 0 aliphatic rings. The van der Waals surface area contributed by atoms with Gasteiger partial charge in [-0.25, -0.2) is 0 Å². The number of hydrogen-bond acceptors (Lipinski definition) is 2. The van der Waals surface area contributed by atoms with Crippen LogP contribution in [0.2, 0.25) is 0 Å². The van der Waals surface area contributed by atoms with Gasteiger partial charge in [-0.05, 0) is 29.8 Å². The summed E-state index contributed by atoms with van der Waals surface area (Å²) in [4.78, 5) is 12.0. The van der Waals surface area contributed by atoms with E-state index in [4.69, 9.17) is 11.6 Å². The molecule has 0 fully saturated rings. The van der Waals surface area contributed by atoms with Crippen LogP contribution in [0.1, 0.15) is 15.9 Å². The molecule has 3 nitrogen and oxygen atoms in total. The normalized spacial score (nSPS) is 10.5. The van der Waals surface area contributed by atoms with E-state index in [1.54, 1.807) is 30.3 Å². The monoisotopic (exact) mass is 311 g/mol. The predicted octanol–water partition coefficient (Wildman–Crippen LogP) is 4.28. The van der Waals surface area contributed by atoms with Crippen LogP contribution in [0.15, 0.2) is 48.5 Å². The molecule has 0 aliphatic carbocycles. The number of nitrogens with one attached hydrogen (secondary N) is 1. The van der Waals surface area contributed by atoms with Gasteiger partial charge in [0.2, 0.25) is 0 Å². The Balaban J connectivity index is 2.07. The fourth-order valence-corrected chi connectivity index (χ4v) is 1.88. The molecule has 0 radical (unpaired) electrons. The van der Waals surface area contributed by atoms with E-state index in [1.807, 2.05) is 0 Å². The summed E-state index contributed by atoms with van der Waals surface area (Å²) in [6.45, 7) is -2.90. The second-order valence-corrected chi connectivity index (χ2v) is 4.46. The third-order valence-electron chi connectivity index (χ3n) is 2.69. The summed E-state index contributed by atoms with van der Waals surface area (Å²) in [5, 5.41) is 2.61.